The minimum atomic E-state index is -0.0593. The van der Waals surface area contributed by atoms with E-state index in [-0.39, 0.29) is 18.0 Å². The number of aromatic nitrogens is 2. The Balaban J connectivity index is 1.38. The van der Waals surface area contributed by atoms with Crippen LogP contribution in [0.1, 0.15) is 63.0 Å². The molecule has 1 aromatic heterocycles. The first kappa shape index (κ1) is 17.8. The molecule has 1 saturated carbocycles. The Labute approximate surface area is 148 Å². The standard InChI is InChI=1S/C18H29N5O2/c24-17(11-14-5-1-2-6-14)19-8-9-20-18(25)23-10-4-3-7-16(23)15-12-21-22-13-15/h12-14,16H,1-11H2,(H,19,24)(H,20,25)(H,21,22). The summed E-state index contributed by atoms with van der Waals surface area (Å²) in [5.74, 6) is 0.661. The van der Waals surface area contributed by atoms with Crippen molar-refractivity contribution in [1.29, 1.82) is 0 Å². The molecule has 138 valence electrons. The Morgan fingerprint density at radius 1 is 1.12 bits per heavy atom. The number of nitrogens with one attached hydrogen (secondary N) is 3. The van der Waals surface area contributed by atoms with E-state index in [1.54, 1.807) is 6.20 Å². The summed E-state index contributed by atoms with van der Waals surface area (Å²) in [7, 11) is 0. The minimum absolute atomic E-state index is 0.0593. The fourth-order valence-corrected chi connectivity index (χ4v) is 3.99. The van der Waals surface area contributed by atoms with Crippen LogP contribution in [0.15, 0.2) is 12.4 Å². The topological polar surface area (TPSA) is 90.1 Å². The van der Waals surface area contributed by atoms with Crippen LogP contribution in [0, 0.1) is 5.92 Å². The average molecular weight is 347 g/mol. The van der Waals surface area contributed by atoms with E-state index < -0.39 is 0 Å². The molecule has 7 nitrogen and oxygen atoms in total. The number of aromatic amines is 1. The van der Waals surface area contributed by atoms with E-state index in [2.05, 4.69) is 20.8 Å². The molecular weight excluding hydrogens is 318 g/mol. The van der Waals surface area contributed by atoms with Crippen LogP contribution in [0.3, 0.4) is 0 Å². The van der Waals surface area contributed by atoms with Crippen LogP contribution in [0.5, 0.6) is 0 Å². The van der Waals surface area contributed by atoms with Crippen molar-refractivity contribution in [3.8, 4) is 0 Å². The van der Waals surface area contributed by atoms with Crippen molar-refractivity contribution in [1.82, 2.24) is 25.7 Å². The summed E-state index contributed by atoms with van der Waals surface area (Å²) in [6.07, 6.45) is 12.2. The quantitative estimate of drug-likeness (QED) is 0.690. The molecule has 1 aromatic rings. The van der Waals surface area contributed by atoms with Crippen molar-refractivity contribution in [2.24, 2.45) is 5.92 Å². The van der Waals surface area contributed by atoms with E-state index in [1.807, 2.05) is 11.1 Å². The molecule has 0 radical (unpaired) electrons. The van der Waals surface area contributed by atoms with Crippen molar-refractivity contribution < 1.29 is 9.59 Å². The Hall–Kier alpha value is -2.05. The molecular formula is C18H29N5O2. The maximum absolute atomic E-state index is 12.5. The number of carbonyl (C=O) groups excluding carboxylic acids is 2. The number of likely N-dealkylation sites (tertiary alicyclic amines) is 1. The summed E-state index contributed by atoms with van der Waals surface area (Å²) in [5.41, 5.74) is 1.06. The monoisotopic (exact) mass is 347 g/mol. The summed E-state index contributed by atoms with van der Waals surface area (Å²) in [5, 5.41) is 12.7. The molecule has 0 spiro atoms. The first-order valence-electron chi connectivity index (χ1n) is 9.54. The molecule has 0 bridgehead atoms. The Morgan fingerprint density at radius 3 is 2.64 bits per heavy atom. The number of H-pyrrole nitrogens is 1. The van der Waals surface area contributed by atoms with Crippen LogP contribution in [-0.2, 0) is 4.79 Å². The van der Waals surface area contributed by atoms with Gasteiger partial charge in [-0.05, 0) is 38.0 Å². The normalized spacial score (nSPS) is 21.3. The minimum Gasteiger partial charge on any atom is -0.354 e. The van der Waals surface area contributed by atoms with Crippen LogP contribution in [0.4, 0.5) is 4.79 Å². The molecule has 1 aliphatic heterocycles. The van der Waals surface area contributed by atoms with E-state index >= 15 is 0 Å². The molecule has 2 aliphatic rings. The Bertz CT molecular complexity index is 554. The molecule has 3 N–H and O–H groups in total. The number of rotatable bonds is 6. The van der Waals surface area contributed by atoms with E-state index in [4.69, 9.17) is 0 Å². The molecule has 1 atom stereocenters. The van der Waals surface area contributed by atoms with Gasteiger partial charge < -0.3 is 15.5 Å². The lowest BCUT2D eigenvalue weighted by Gasteiger charge is -2.35. The molecule has 1 aliphatic carbocycles. The largest absolute Gasteiger partial charge is 0.354 e. The summed E-state index contributed by atoms with van der Waals surface area (Å²) < 4.78 is 0. The van der Waals surface area contributed by atoms with Gasteiger partial charge in [-0.3, -0.25) is 9.89 Å². The maximum atomic E-state index is 12.5. The number of nitrogens with zero attached hydrogens (tertiary/aromatic N) is 2. The number of hydrogen-bond acceptors (Lipinski definition) is 3. The molecule has 3 rings (SSSR count). The lowest BCUT2D eigenvalue weighted by molar-refractivity contribution is -0.121. The van der Waals surface area contributed by atoms with Gasteiger partial charge in [0.05, 0.1) is 12.2 Å². The van der Waals surface area contributed by atoms with Crippen LogP contribution in [0.2, 0.25) is 0 Å². The molecule has 7 heteroatoms. The Morgan fingerprint density at radius 2 is 1.88 bits per heavy atom. The second kappa shape index (κ2) is 8.87. The predicted molar refractivity (Wildman–Crippen MR) is 94.9 cm³/mol. The number of amides is 3. The van der Waals surface area contributed by atoms with Crippen LogP contribution in [0.25, 0.3) is 0 Å². The van der Waals surface area contributed by atoms with Gasteiger partial charge in [-0.2, -0.15) is 5.10 Å². The lowest BCUT2D eigenvalue weighted by Crippen LogP contribution is -2.46. The highest BCUT2D eigenvalue weighted by Crippen LogP contribution is 2.30. The van der Waals surface area contributed by atoms with Gasteiger partial charge in [0.15, 0.2) is 0 Å². The SMILES string of the molecule is O=C(CC1CCCC1)NCCNC(=O)N1CCCCC1c1cn[nH]c1. The van der Waals surface area contributed by atoms with Crippen LogP contribution >= 0.6 is 0 Å². The zero-order chi connectivity index (χ0) is 17.5. The highest BCUT2D eigenvalue weighted by atomic mass is 16.2. The number of piperidine rings is 1. The number of carbonyl (C=O) groups is 2. The first-order valence-corrected chi connectivity index (χ1v) is 9.54. The fraction of sp³-hybridized carbons (Fsp3) is 0.722. The number of hydrogen-bond donors (Lipinski definition) is 3. The van der Waals surface area contributed by atoms with E-state index in [0.717, 1.165) is 31.4 Å². The predicted octanol–water partition coefficient (Wildman–Crippen LogP) is 2.34. The van der Waals surface area contributed by atoms with Crippen molar-refractivity contribution >= 4 is 11.9 Å². The van der Waals surface area contributed by atoms with E-state index in [0.29, 0.717) is 25.4 Å². The molecule has 1 saturated heterocycles. The molecule has 1 unspecified atom stereocenters. The van der Waals surface area contributed by atoms with Gasteiger partial charge in [0.1, 0.15) is 0 Å². The second-order valence-electron chi connectivity index (χ2n) is 7.17. The molecule has 25 heavy (non-hydrogen) atoms. The molecule has 2 fully saturated rings. The van der Waals surface area contributed by atoms with Gasteiger partial charge in [-0.25, -0.2) is 4.79 Å². The van der Waals surface area contributed by atoms with E-state index in [1.165, 1.54) is 25.7 Å². The van der Waals surface area contributed by atoms with E-state index in [9.17, 15) is 9.59 Å². The van der Waals surface area contributed by atoms with Crippen molar-refractivity contribution in [3.63, 3.8) is 0 Å². The summed E-state index contributed by atoms with van der Waals surface area (Å²) in [6.45, 7) is 1.71. The van der Waals surface area contributed by atoms with Gasteiger partial charge in [0, 0.05) is 37.8 Å². The third kappa shape index (κ3) is 4.96. The van der Waals surface area contributed by atoms with Crippen molar-refractivity contribution in [3.05, 3.63) is 18.0 Å². The fourth-order valence-electron chi connectivity index (χ4n) is 3.99. The molecule has 2 heterocycles. The summed E-state index contributed by atoms with van der Waals surface area (Å²) in [4.78, 5) is 26.3. The third-order valence-electron chi connectivity index (χ3n) is 5.34. The van der Waals surface area contributed by atoms with Gasteiger partial charge in [0.2, 0.25) is 5.91 Å². The maximum Gasteiger partial charge on any atom is 0.317 e. The summed E-state index contributed by atoms with van der Waals surface area (Å²) in [6, 6.07) is 0.0281. The zero-order valence-corrected chi connectivity index (χ0v) is 14.8. The zero-order valence-electron chi connectivity index (χ0n) is 14.8. The summed E-state index contributed by atoms with van der Waals surface area (Å²) >= 11 is 0. The lowest BCUT2D eigenvalue weighted by atomic mass is 9.98. The van der Waals surface area contributed by atoms with Crippen LogP contribution < -0.4 is 10.6 Å². The average Bonchev–Trinajstić information content (AvgIpc) is 3.32. The van der Waals surface area contributed by atoms with Crippen molar-refractivity contribution in [2.45, 2.75) is 57.4 Å². The van der Waals surface area contributed by atoms with Gasteiger partial charge in [-0.1, -0.05) is 12.8 Å². The third-order valence-corrected chi connectivity index (χ3v) is 5.34. The van der Waals surface area contributed by atoms with Crippen LogP contribution in [-0.4, -0.2) is 46.7 Å². The highest BCUT2D eigenvalue weighted by Gasteiger charge is 2.28. The molecule has 3 amide bonds. The molecule has 0 aromatic carbocycles. The second-order valence-corrected chi connectivity index (χ2v) is 7.17. The smallest absolute Gasteiger partial charge is 0.317 e. The Kier molecular flexibility index (Phi) is 6.30. The van der Waals surface area contributed by atoms with Crippen molar-refractivity contribution in [2.75, 3.05) is 19.6 Å². The van der Waals surface area contributed by atoms with Gasteiger partial charge in [0.25, 0.3) is 0 Å². The highest BCUT2D eigenvalue weighted by molar-refractivity contribution is 5.77. The number of urea groups is 1. The first-order chi connectivity index (χ1) is 12.2. The van der Waals surface area contributed by atoms with Gasteiger partial charge in [-0.15, -0.1) is 0 Å². The van der Waals surface area contributed by atoms with Gasteiger partial charge >= 0.3 is 6.03 Å².